The van der Waals surface area contributed by atoms with Gasteiger partial charge in [-0.3, -0.25) is 4.79 Å². The maximum absolute atomic E-state index is 11.2. The van der Waals surface area contributed by atoms with Crippen LogP contribution in [0, 0.1) is 5.92 Å². The van der Waals surface area contributed by atoms with E-state index >= 15 is 0 Å². The molecule has 0 amide bonds. The third kappa shape index (κ3) is 6.58. The van der Waals surface area contributed by atoms with Gasteiger partial charge in [0.25, 0.3) is 0 Å². The van der Waals surface area contributed by atoms with Crippen molar-refractivity contribution in [3.05, 3.63) is 0 Å². The van der Waals surface area contributed by atoms with Crippen LogP contribution in [0.5, 0.6) is 0 Å². The largest absolute Gasteiger partial charge is 0.464 e. The van der Waals surface area contributed by atoms with Gasteiger partial charge < -0.3 is 10.1 Å². The first-order valence-electron chi connectivity index (χ1n) is 4.45. The fourth-order valence-corrected chi connectivity index (χ4v) is 0.838. The van der Waals surface area contributed by atoms with E-state index in [0.717, 1.165) is 6.42 Å². The van der Waals surface area contributed by atoms with E-state index in [1.54, 1.807) is 7.05 Å². The Hall–Kier alpha value is -0.570. The van der Waals surface area contributed by atoms with Crippen molar-refractivity contribution in [1.82, 2.24) is 5.32 Å². The van der Waals surface area contributed by atoms with Gasteiger partial charge >= 0.3 is 5.97 Å². The molecular weight excluding hydrogens is 166 g/mol. The van der Waals surface area contributed by atoms with Gasteiger partial charge in [-0.15, -0.1) is 0 Å². The smallest absolute Gasteiger partial charge is 0.323 e. The van der Waals surface area contributed by atoms with Crippen LogP contribution < -0.4 is 5.32 Å². The van der Waals surface area contributed by atoms with E-state index in [1.807, 2.05) is 20.8 Å². The molecule has 0 aliphatic rings. The van der Waals surface area contributed by atoms with Crippen LogP contribution in [-0.4, -0.2) is 25.7 Å². The van der Waals surface area contributed by atoms with Crippen molar-refractivity contribution in [2.24, 2.45) is 5.92 Å². The quantitative estimate of drug-likeness (QED) is 0.670. The van der Waals surface area contributed by atoms with Crippen LogP contribution in [0.3, 0.4) is 0 Å². The molecule has 0 aliphatic carbocycles. The molecule has 0 radical (unpaired) electrons. The Balaban J connectivity index is 0. The average Bonchev–Trinajstić information content (AvgIpc) is 2.03. The molecular formula is C10H23NO2. The van der Waals surface area contributed by atoms with Gasteiger partial charge in [-0.2, -0.15) is 0 Å². The van der Waals surface area contributed by atoms with Crippen molar-refractivity contribution in [2.45, 2.75) is 40.7 Å². The van der Waals surface area contributed by atoms with E-state index < -0.39 is 0 Å². The van der Waals surface area contributed by atoms with Crippen LogP contribution in [0.25, 0.3) is 0 Å². The minimum atomic E-state index is -0.149. The predicted octanol–water partition coefficient (Wildman–Crippen LogP) is 1.82. The zero-order valence-corrected chi connectivity index (χ0v) is 8.39. The molecule has 3 nitrogen and oxygen atoms in total. The lowest BCUT2D eigenvalue weighted by Gasteiger charge is -2.13. The summed E-state index contributed by atoms with van der Waals surface area (Å²) in [6, 6.07) is -0.149. The molecule has 3 heteroatoms. The Labute approximate surface area is 81.9 Å². The van der Waals surface area contributed by atoms with Gasteiger partial charge in [-0.25, -0.2) is 0 Å². The fraction of sp³-hybridized carbons (Fsp3) is 0.900. The predicted molar refractivity (Wildman–Crippen MR) is 55.7 cm³/mol. The number of carbonyl (C=O) groups excluding carboxylic acids is 1. The summed E-state index contributed by atoms with van der Waals surface area (Å²) in [6.07, 6.45) is 0.771. The van der Waals surface area contributed by atoms with Crippen molar-refractivity contribution in [2.75, 3.05) is 13.7 Å². The Morgan fingerprint density at radius 1 is 1.46 bits per heavy atom. The summed E-state index contributed by atoms with van der Waals surface area (Å²) in [6.45, 7) is 6.51. The molecule has 0 aromatic rings. The van der Waals surface area contributed by atoms with E-state index in [-0.39, 0.29) is 19.4 Å². The lowest BCUT2D eigenvalue weighted by Crippen LogP contribution is -2.35. The van der Waals surface area contributed by atoms with Crippen molar-refractivity contribution in [3.63, 3.8) is 0 Å². The summed E-state index contributed by atoms with van der Waals surface area (Å²) in [7, 11) is 1.77. The highest BCUT2D eigenvalue weighted by Gasteiger charge is 2.15. The Bertz CT molecular complexity index is 131. The Morgan fingerprint density at radius 2 is 2.00 bits per heavy atom. The number of nitrogens with one attached hydrogen (secondary N) is 1. The molecule has 0 saturated carbocycles. The molecule has 13 heavy (non-hydrogen) atoms. The molecule has 0 spiro atoms. The first-order chi connectivity index (χ1) is 5.61. The number of esters is 1. The molecule has 0 aromatic carbocycles. The molecule has 0 rings (SSSR count). The first-order valence-corrected chi connectivity index (χ1v) is 4.45. The second kappa shape index (κ2) is 8.05. The molecule has 0 heterocycles. The third-order valence-electron chi connectivity index (χ3n) is 1.60. The molecule has 1 N–H and O–H groups in total. The van der Waals surface area contributed by atoms with Gasteiger partial charge in [0, 0.05) is 0 Å². The number of hydrogen-bond acceptors (Lipinski definition) is 3. The van der Waals surface area contributed by atoms with E-state index in [9.17, 15) is 4.79 Å². The number of hydrogen-bond donors (Lipinski definition) is 1. The summed E-state index contributed by atoms with van der Waals surface area (Å²) in [5.41, 5.74) is 0. The van der Waals surface area contributed by atoms with Crippen LogP contribution in [0.15, 0.2) is 0 Å². The summed E-state index contributed by atoms with van der Waals surface area (Å²) >= 11 is 0. The summed E-state index contributed by atoms with van der Waals surface area (Å²) in [5, 5.41) is 2.90. The van der Waals surface area contributed by atoms with Gasteiger partial charge in [0.15, 0.2) is 0 Å². The second-order valence-corrected chi connectivity index (χ2v) is 3.27. The number of likely N-dealkylation sites (N-methyl/N-ethyl adjacent to an activating group) is 1. The van der Waals surface area contributed by atoms with Gasteiger partial charge in [-0.1, -0.05) is 28.2 Å². The van der Waals surface area contributed by atoms with Gasteiger partial charge in [0.2, 0.25) is 0 Å². The third-order valence-corrected chi connectivity index (χ3v) is 1.60. The van der Waals surface area contributed by atoms with Gasteiger partial charge in [0.1, 0.15) is 6.04 Å². The minimum absolute atomic E-state index is 0. The highest BCUT2D eigenvalue weighted by Crippen LogP contribution is 1.98. The van der Waals surface area contributed by atoms with E-state index in [0.29, 0.717) is 12.5 Å². The molecule has 1 atom stereocenters. The zero-order valence-electron chi connectivity index (χ0n) is 8.39. The summed E-state index contributed by atoms with van der Waals surface area (Å²) in [4.78, 5) is 11.2. The van der Waals surface area contributed by atoms with Crippen LogP contribution in [0.1, 0.15) is 34.6 Å². The van der Waals surface area contributed by atoms with Gasteiger partial charge in [0.05, 0.1) is 6.61 Å². The highest BCUT2D eigenvalue weighted by atomic mass is 16.5. The molecule has 0 aliphatic heterocycles. The van der Waals surface area contributed by atoms with E-state index in [1.165, 1.54) is 0 Å². The Kier molecular flexibility index (Phi) is 9.24. The van der Waals surface area contributed by atoms with Crippen molar-refractivity contribution < 1.29 is 9.53 Å². The zero-order chi connectivity index (χ0) is 9.56. The first kappa shape index (κ1) is 14.9. The average molecular weight is 189 g/mol. The van der Waals surface area contributed by atoms with Crippen LogP contribution in [-0.2, 0) is 9.53 Å². The Morgan fingerprint density at radius 3 is 2.31 bits per heavy atom. The number of ether oxygens (including phenoxy) is 1. The molecule has 0 fully saturated rings. The standard InChI is InChI=1S/C9H19NO2.CH4/c1-5-8(10-4)9(11)12-6-7(2)3;/h7-8,10H,5-6H2,1-4H3;1H4. The maximum atomic E-state index is 11.2. The molecule has 0 aromatic heterocycles. The monoisotopic (exact) mass is 189 g/mol. The van der Waals surface area contributed by atoms with Crippen molar-refractivity contribution in [3.8, 4) is 0 Å². The highest BCUT2D eigenvalue weighted by molar-refractivity contribution is 5.75. The lowest BCUT2D eigenvalue weighted by molar-refractivity contribution is -0.147. The topological polar surface area (TPSA) is 38.3 Å². The number of carbonyl (C=O) groups is 1. The summed E-state index contributed by atoms with van der Waals surface area (Å²) < 4.78 is 5.05. The van der Waals surface area contributed by atoms with Crippen LogP contribution >= 0.6 is 0 Å². The summed E-state index contributed by atoms with van der Waals surface area (Å²) in [5.74, 6) is 0.261. The maximum Gasteiger partial charge on any atom is 0.323 e. The minimum Gasteiger partial charge on any atom is -0.464 e. The van der Waals surface area contributed by atoms with Gasteiger partial charge in [-0.05, 0) is 19.4 Å². The van der Waals surface area contributed by atoms with Crippen molar-refractivity contribution >= 4 is 5.97 Å². The van der Waals surface area contributed by atoms with Crippen LogP contribution in [0.4, 0.5) is 0 Å². The fourth-order valence-electron chi connectivity index (χ4n) is 0.838. The second-order valence-electron chi connectivity index (χ2n) is 3.27. The lowest BCUT2D eigenvalue weighted by atomic mass is 10.2. The molecule has 1 unspecified atom stereocenters. The van der Waals surface area contributed by atoms with E-state index in [4.69, 9.17) is 4.74 Å². The molecule has 0 saturated heterocycles. The molecule has 0 bridgehead atoms. The normalized spacial score (nSPS) is 12.1. The van der Waals surface area contributed by atoms with Crippen molar-refractivity contribution in [1.29, 1.82) is 0 Å². The van der Waals surface area contributed by atoms with E-state index in [2.05, 4.69) is 5.32 Å². The SMILES string of the molecule is C.CCC(NC)C(=O)OCC(C)C. The van der Waals surface area contributed by atoms with Crippen LogP contribution in [0.2, 0.25) is 0 Å². The molecule has 80 valence electrons. The number of rotatable bonds is 5.